The lowest BCUT2D eigenvalue weighted by atomic mass is 9.75. The third-order valence-electron chi connectivity index (χ3n) is 4.30. The van der Waals surface area contributed by atoms with Crippen molar-refractivity contribution in [3.8, 4) is 0 Å². The van der Waals surface area contributed by atoms with Crippen molar-refractivity contribution in [2.45, 2.75) is 46.1 Å². The second kappa shape index (κ2) is 5.31. The Bertz CT molecular complexity index is 398. The lowest BCUT2D eigenvalue weighted by Gasteiger charge is -2.35. The van der Waals surface area contributed by atoms with E-state index in [4.69, 9.17) is 0 Å². The lowest BCUT2D eigenvalue weighted by Crippen LogP contribution is -2.38. The van der Waals surface area contributed by atoms with Gasteiger partial charge in [0.2, 0.25) is 0 Å². The average Bonchev–Trinajstić information content (AvgIpc) is 2.69. The molecule has 1 aromatic rings. The van der Waals surface area contributed by atoms with E-state index in [1.165, 1.54) is 17.7 Å². The van der Waals surface area contributed by atoms with Crippen LogP contribution in [0.1, 0.15) is 45.6 Å². The molecule has 1 heterocycles. The van der Waals surface area contributed by atoms with E-state index in [0.29, 0.717) is 17.4 Å². The zero-order valence-corrected chi connectivity index (χ0v) is 12.1. The normalized spacial score (nSPS) is 22.7. The molecule has 0 fully saturated rings. The second-order valence-electron chi connectivity index (χ2n) is 6.09. The highest BCUT2D eigenvalue weighted by Gasteiger charge is 2.38. The third kappa shape index (κ3) is 2.54. The smallest absolute Gasteiger partial charge is 0.0379 e. The van der Waals surface area contributed by atoms with Crippen LogP contribution in [0, 0.1) is 5.41 Å². The van der Waals surface area contributed by atoms with Crippen LogP contribution in [0.15, 0.2) is 24.3 Å². The second-order valence-corrected chi connectivity index (χ2v) is 6.09. The van der Waals surface area contributed by atoms with Gasteiger partial charge in [0.15, 0.2) is 0 Å². The van der Waals surface area contributed by atoms with Crippen LogP contribution < -0.4 is 10.6 Å². The summed E-state index contributed by atoms with van der Waals surface area (Å²) in [6, 6.07) is 9.26. The van der Waals surface area contributed by atoms with Gasteiger partial charge in [-0.15, -0.1) is 0 Å². The van der Waals surface area contributed by atoms with E-state index in [1.54, 1.807) is 0 Å². The van der Waals surface area contributed by atoms with Gasteiger partial charge in [0.1, 0.15) is 0 Å². The minimum absolute atomic E-state index is 0.306. The first-order chi connectivity index (χ1) is 8.56. The highest BCUT2D eigenvalue weighted by molar-refractivity contribution is 5.59. The van der Waals surface area contributed by atoms with Gasteiger partial charge in [0.05, 0.1) is 0 Å². The van der Waals surface area contributed by atoms with E-state index in [2.05, 4.69) is 62.6 Å². The van der Waals surface area contributed by atoms with Crippen LogP contribution in [0.25, 0.3) is 0 Å². The van der Waals surface area contributed by atoms with Gasteiger partial charge in [-0.2, -0.15) is 0 Å². The van der Waals surface area contributed by atoms with E-state index in [1.807, 2.05) is 0 Å². The summed E-state index contributed by atoms with van der Waals surface area (Å²) in [7, 11) is 0. The monoisotopic (exact) mass is 246 g/mol. The summed E-state index contributed by atoms with van der Waals surface area (Å²) in [5.41, 5.74) is 3.10. The summed E-state index contributed by atoms with van der Waals surface area (Å²) >= 11 is 0. The van der Waals surface area contributed by atoms with Crippen LogP contribution in [0.4, 0.5) is 5.69 Å². The van der Waals surface area contributed by atoms with Gasteiger partial charge < -0.3 is 10.6 Å². The van der Waals surface area contributed by atoms with E-state index in [0.717, 1.165) is 13.1 Å². The summed E-state index contributed by atoms with van der Waals surface area (Å²) in [5.74, 6) is 0.595. The molecule has 0 aromatic heterocycles. The molecule has 0 spiro atoms. The van der Waals surface area contributed by atoms with Gasteiger partial charge in [-0.3, -0.25) is 0 Å². The van der Waals surface area contributed by atoms with Crippen molar-refractivity contribution in [2.24, 2.45) is 5.41 Å². The van der Waals surface area contributed by atoms with Crippen LogP contribution >= 0.6 is 0 Å². The van der Waals surface area contributed by atoms with Crippen LogP contribution in [-0.4, -0.2) is 19.1 Å². The number of benzene rings is 1. The average molecular weight is 246 g/mol. The predicted molar refractivity (Wildman–Crippen MR) is 79.2 cm³/mol. The fourth-order valence-electron chi connectivity index (χ4n) is 3.11. The maximum Gasteiger partial charge on any atom is 0.0379 e. The first-order valence-electron chi connectivity index (χ1n) is 7.12. The van der Waals surface area contributed by atoms with Crippen LogP contribution in [0.3, 0.4) is 0 Å². The Morgan fingerprint density at radius 1 is 1.28 bits per heavy atom. The molecule has 100 valence electrons. The highest BCUT2D eigenvalue weighted by atomic mass is 15.0. The molecule has 0 amide bonds. The summed E-state index contributed by atoms with van der Waals surface area (Å²) < 4.78 is 0. The molecule has 18 heavy (non-hydrogen) atoms. The van der Waals surface area contributed by atoms with Crippen molar-refractivity contribution in [1.82, 2.24) is 5.32 Å². The molecule has 2 nitrogen and oxygen atoms in total. The van der Waals surface area contributed by atoms with Crippen LogP contribution in [0.5, 0.6) is 0 Å². The Morgan fingerprint density at radius 2 is 2.00 bits per heavy atom. The van der Waals surface area contributed by atoms with Gasteiger partial charge in [-0.1, -0.05) is 45.9 Å². The molecule has 0 radical (unpaired) electrons. The van der Waals surface area contributed by atoms with Crippen molar-refractivity contribution < 1.29 is 0 Å². The molecular formula is C16H26N2. The number of para-hydroxylation sites is 1. The van der Waals surface area contributed by atoms with E-state index in [-0.39, 0.29) is 0 Å². The molecule has 1 aliphatic heterocycles. The minimum atomic E-state index is 0.306. The molecule has 2 heteroatoms. The van der Waals surface area contributed by atoms with Crippen molar-refractivity contribution >= 4 is 5.69 Å². The highest BCUT2D eigenvalue weighted by Crippen LogP contribution is 2.43. The number of nitrogens with one attached hydrogen (secondary N) is 2. The number of hydrogen-bond donors (Lipinski definition) is 2. The molecular weight excluding hydrogens is 220 g/mol. The largest absolute Gasteiger partial charge is 0.381 e. The number of hydrogen-bond acceptors (Lipinski definition) is 2. The molecule has 0 aliphatic carbocycles. The van der Waals surface area contributed by atoms with Crippen LogP contribution in [-0.2, 0) is 0 Å². The van der Waals surface area contributed by atoms with Gasteiger partial charge in [0.25, 0.3) is 0 Å². The first kappa shape index (κ1) is 13.4. The van der Waals surface area contributed by atoms with Gasteiger partial charge in [-0.25, -0.2) is 0 Å². The predicted octanol–water partition coefficient (Wildman–Crippen LogP) is 3.61. The Morgan fingerprint density at radius 3 is 2.67 bits per heavy atom. The Hall–Kier alpha value is -1.02. The molecule has 2 unspecified atom stereocenters. The molecule has 0 saturated heterocycles. The first-order valence-corrected chi connectivity index (χ1v) is 7.12. The standard InChI is InChI=1S/C16H26N2/c1-5-17-11-10-16(3,4)15-12(2)13-8-6-7-9-14(13)18-15/h6-9,12,15,17-18H,5,10-11H2,1-4H3. The molecule has 0 bridgehead atoms. The SMILES string of the molecule is CCNCCC(C)(C)C1Nc2ccccc2C1C. The summed E-state index contributed by atoms with van der Waals surface area (Å²) in [6.07, 6.45) is 1.21. The summed E-state index contributed by atoms with van der Waals surface area (Å²) in [6.45, 7) is 11.4. The topological polar surface area (TPSA) is 24.1 Å². The van der Waals surface area contributed by atoms with Gasteiger partial charge >= 0.3 is 0 Å². The number of rotatable bonds is 5. The van der Waals surface area contributed by atoms with Gasteiger partial charge in [0, 0.05) is 17.6 Å². The fourth-order valence-corrected chi connectivity index (χ4v) is 3.11. The maximum atomic E-state index is 3.72. The molecule has 0 saturated carbocycles. The molecule has 2 rings (SSSR count). The number of anilines is 1. The third-order valence-corrected chi connectivity index (χ3v) is 4.30. The zero-order valence-electron chi connectivity index (χ0n) is 12.1. The maximum absolute atomic E-state index is 3.72. The molecule has 1 aromatic carbocycles. The Kier molecular flexibility index (Phi) is 3.96. The van der Waals surface area contributed by atoms with Crippen molar-refractivity contribution in [1.29, 1.82) is 0 Å². The van der Waals surface area contributed by atoms with Crippen LogP contribution in [0.2, 0.25) is 0 Å². The zero-order chi connectivity index (χ0) is 13.2. The van der Waals surface area contributed by atoms with Crippen molar-refractivity contribution in [3.63, 3.8) is 0 Å². The number of fused-ring (bicyclic) bond motifs is 1. The summed E-state index contributed by atoms with van der Waals surface area (Å²) in [5, 5.41) is 7.16. The lowest BCUT2D eigenvalue weighted by molar-refractivity contribution is 0.260. The Labute approximate surface area is 111 Å². The molecule has 2 atom stereocenters. The van der Waals surface area contributed by atoms with E-state index >= 15 is 0 Å². The Balaban J connectivity index is 2.07. The minimum Gasteiger partial charge on any atom is -0.381 e. The van der Waals surface area contributed by atoms with Crippen molar-refractivity contribution in [3.05, 3.63) is 29.8 Å². The van der Waals surface area contributed by atoms with Crippen molar-refractivity contribution in [2.75, 3.05) is 18.4 Å². The van der Waals surface area contributed by atoms with Gasteiger partial charge in [-0.05, 0) is 36.6 Å². The van der Waals surface area contributed by atoms with E-state index < -0.39 is 0 Å². The van der Waals surface area contributed by atoms with E-state index in [9.17, 15) is 0 Å². The molecule has 2 N–H and O–H groups in total. The quantitative estimate of drug-likeness (QED) is 0.776. The summed E-state index contributed by atoms with van der Waals surface area (Å²) in [4.78, 5) is 0. The fraction of sp³-hybridized carbons (Fsp3) is 0.625. The molecule has 1 aliphatic rings.